The summed E-state index contributed by atoms with van der Waals surface area (Å²) in [6.07, 6.45) is -3.86. The van der Waals surface area contributed by atoms with Crippen LogP contribution in [0, 0.1) is 5.41 Å². The summed E-state index contributed by atoms with van der Waals surface area (Å²) in [5.74, 6) is -1.18. The summed E-state index contributed by atoms with van der Waals surface area (Å²) in [6, 6.07) is 9.21. The first-order chi connectivity index (χ1) is 27.1. The maximum Gasteiger partial charge on any atom is 0.481 e. The zero-order valence-corrected chi connectivity index (χ0v) is 34.1. The van der Waals surface area contributed by atoms with Crippen molar-refractivity contribution in [1.29, 1.82) is 0 Å². The number of aliphatic hydroxyl groups is 2. The molecule has 24 nitrogen and oxygen atoms in total. The molecule has 1 saturated heterocycles. The Hall–Kier alpha value is -3.48. The van der Waals surface area contributed by atoms with E-state index in [1.54, 1.807) is 6.08 Å². The van der Waals surface area contributed by atoms with Gasteiger partial charge in [0.1, 0.15) is 36.3 Å². The van der Waals surface area contributed by atoms with Crippen molar-refractivity contribution in [2.24, 2.45) is 5.41 Å². The highest BCUT2D eigenvalue weighted by Gasteiger charge is 2.50. The molecule has 7 atom stereocenters. The molecule has 1 fully saturated rings. The Morgan fingerprint density at radius 3 is 2.41 bits per heavy atom. The number of fused-ring (bicyclic) bond motifs is 1. The van der Waals surface area contributed by atoms with Gasteiger partial charge in [-0.15, -0.1) is 0 Å². The Morgan fingerprint density at radius 2 is 1.72 bits per heavy atom. The number of carbonyl (C=O) groups is 3. The Bertz CT molecular complexity index is 2090. The number of aliphatic hydroxyl groups excluding tert-OH is 2. The number of aromatic nitrogens is 4. The summed E-state index contributed by atoms with van der Waals surface area (Å²) in [5.41, 5.74) is 5.11. The predicted octanol–water partition coefficient (Wildman–Crippen LogP) is 0.378. The van der Waals surface area contributed by atoms with E-state index in [-0.39, 0.29) is 41.6 Å². The van der Waals surface area contributed by atoms with E-state index in [2.05, 4.69) is 34.4 Å². The molecule has 2 unspecified atom stereocenters. The number of hydrogen-bond donors (Lipinski definition) is 9. The van der Waals surface area contributed by atoms with Gasteiger partial charge in [0.05, 0.1) is 19.5 Å². The number of phosphoric ester groups is 3. The molecule has 3 aromatic rings. The lowest BCUT2D eigenvalue weighted by Gasteiger charge is -2.30. The van der Waals surface area contributed by atoms with Crippen LogP contribution >= 0.6 is 35.2 Å². The van der Waals surface area contributed by atoms with Crippen LogP contribution in [0.3, 0.4) is 0 Å². The van der Waals surface area contributed by atoms with Crippen LogP contribution in [0.1, 0.15) is 32.1 Å². The van der Waals surface area contributed by atoms with Crippen molar-refractivity contribution in [2.45, 2.75) is 50.9 Å². The minimum Gasteiger partial charge on any atom is -0.386 e. The fourth-order valence-corrected chi connectivity index (χ4v) is 8.46. The second-order valence-corrected chi connectivity index (χ2v) is 18.3. The molecular weight excluding hydrogens is 855 g/mol. The minimum absolute atomic E-state index is 0.0285. The van der Waals surface area contributed by atoms with E-state index in [4.69, 9.17) is 19.5 Å². The molecule has 0 saturated carbocycles. The maximum atomic E-state index is 12.7. The van der Waals surface area contributed by atoms with Gasteiger partial charge in [-0.05, 0) is 11.6 Å². The number of hydrogen-bond acceptors (Lipinski definition) is 18. The molecule has 58 heavy (non-hydrogen) atoms. The first-order valence-corrected chi connectivity index (χ1v) is 22.4. The maximum absolute atomic E-state index is 12.7. The lowest BCUT2D eigenvalue weighted by molar-refractivity contribution is -0.137. The summed E-state index contributed by atoms with van der Waals surface area (Å²) >= 11 is 1.00. The molecule has 0 spiro atoms. The minimum atomic E-state index is -5.58. The average Bonchev–Trinajstić information content (AvgIpc) is 3.71. The van der Waals surface area contributed by atoms with Crippen LogP contribution in [0.25, 0.3) is 17.2 Å². The first-order valence-electron chi connectivity index (χ1n) is 16.9. The van der Waals surface area contributed by atoms with E-state index in [0.717, 1.165) is 34.5 Å². The molecule has 0 bridgehead atoms. The van der Waals surface area contributed by atoms with E-state index in [0.29, 0.717) is 5.75 Å². The zero-order valence-electron chi connectivity index (χ0n) is 30.6. The van der Waals surface area contributed by atoms with Gasteiger partial charge in [-0.2, -0.15) is 4.31 Å². The fraction of sp³-hybridized carbons (Fsp3) is 0.467. The SMILES string of the molecule is CC(C)(COP(=O)(O)OP(=O)(O)OC[C@H]1O[C@@H](n2cnc3c(N)ncnc32)[C@H](O)[C@@H]1OP(=O)(O)O)[C@@H](O)C(=O)NCCC(=O)NCCSC(=O)C=Cc1ccccc1. The number of benzene rings is 1. The Morgan fingerprint density at radius 1 is 1.03 bits per heavy atom. The standard InChI is InChI=1S/C30H42N7O17P3S/c1-30(2,25(41)28(42)33-11-10-20(38)32-12-13-58-21(39)9-8-18-6-4-3-5-7-18)15-51-57(48,49)54-56(46,47)50-14-19-24(53-55(43,44)45)23(40)29(52-19)37-17-36-22-26(31)34-16-35-27(22)37/h3-9,16-17,19,23-25,29,40-41H,10-15H2,1-2H3,(H,32,38)(H,33,42)(H,46,47)(H,48,49)(H2,31,34,35)(H2,43,44,45)/t19-,23-,24-,25+,29-/m1/s1. The third-order valence-electron chi connectivity index (χ3n) is 7.96. The molecule has 1 aliphatic heterocycles. The number of imidazole rings is 1. The van der Waals surface area contributed by atoms with Crippen LogP contribution in [0.4, 0.5) is 5.82 Å². The Labute approximate surface area is 334 Å². The second kappa shape index (κ2) is 20.2. The smallest absolute Gasteiger partial charge is 0.386 e. The van der Waals surface area contributed by atoms with Gasteiger partial charge in [-0.1, -0.05) is 62.0 Å². The molecule has 0 aliphatic carbocycles. The topological polar surface area (TPSA) is 364 Å². The molecule has 0 radical (unpaired) electrons. The summed E-state index contributed by atoms with van der Waals surface area (Å²) in [5, 5.41) is 26.2. The monoisotopic (exact) mass is 897 g/mol. The first kappa shape index (κ1) is 47.2. The average molecular weight is 898 g/mol. The van der Waals surface area contributed by atoms with Gasteiger partial charge in [0.25, 0.3) is 0 Å². The second-order valence-electron chi connectivity index (χ2n) is 13.0. The number of thioether (sulfide) groups is 1. The van der Waals surface area contributed by atoms with Crippen molar-refractivity contribution in [1.82, 2.24) is 30.2 Å². The number of nitrogens with zero attached hydrogens (tertiary/aromatic N) is 4. The molecule has 3 heterocycles. The van der Waals surface area contributed by atoms with Crippen molar-refractivity contribution in [3.63, 3.8) is 0 Å². The van der Waals surface area contributed by atoms with Gasteiger partial charge in [-0.25, -0.2) is 28.6 Å². The van der Waals surface area contributed by atoms with Crippen LogP contribution in [0.2, 0.25) is 0 Å². The lowest BCUT2D eigenvalue weighted by atomic mass is 9.87. The van der Waals surface area contributed by atoms with Crippen molar-refractivity contribution < 1.29 is 80.5 Å². The van der Waals surface area contributed by atoms with Gasteiger partial charge >= 0.3 is 23.5 Å². The summed E-state index contributed by atoms with van der Waals surface area (Å²) in [4.78, 5) is 87.7. The van der Waals surface area contributed by atoms with Gasteiger partial charge < -0.3 is 50.9 Å². The van der Waals surface area contributed by atoms with E-state index < -0.39 is 84.6 Å². The van der Waals surface area contributed by atoms with E-state index in [1.165, 1.54) is 19.9 Å². The van der Waals surface area contributed by atoms with E-state index in [1.807, 2.05) is 30.3 Å². The highest BCUT2D eigenvalue weighted by molar-refractivity contribution is 8.14. The largest absolute Gasteiger partial charge is 0.481 e. The number of amides is 2. The molecular formula is C30H42N7O17P3S. The molecule has 10 N–H and O–H groups in total. The molecule has 28 heteroatoms. The van der Waals surface area contributed by atoms with Crippen molar-refractivity contribution in [3.05, 3.63) is 54.6 Å². The third kappa shape index (κ3) is 14.1. The highest BCUT2D eigenvalue weighted by atomic mass is 32.2. The summed E-state index contributed by atoms with van der Waals surface area (Å²) in [7, 11) is -16.4. The molecule has 2 amide bonds. The van der Waals surface area contributed by atoms with Gasteiger partial charge in [0, 0.05) is 30.7 Å². The van der Waals surface area contributed by atoms with E-state index in [9.17, 15) is 57.9 Å². The number of nitrogens with two attached hydrogens (primary N) is 1. The van der Waals surface area contributed by atoms with Crippen LogP contribution in [0.5, 0.6) is 0 Å². The third-order valence-corrected chi connectivity index (χ3v) is 11.9. The normalized spacial score (nSPS) is 21.4. The van der Waals surface area contributed by atoms with E-state index >= 15 is 0 Å². The molecule has 320 valence electrons. The molecule has 1 aromatic carbocycles. The number of anilines is 1. The van der Waals surface area contributed by atoms with Crippen LogP contribution in [-0.4, -0.2) is 123 Å². The van der Waals surface area contributed by atoms with Crippen LogP contribution in [0.15, 0.2) is 49.1 Å². The number of ether oxygens (including phenoxy) is 1. The zero-order chi connectivity index (χ0) is 42.9. The van der Waals surface area contributed by atoms with Gasteiger partial charge in [0.2, 0.25) is 16.9 Å². The van der Waals surface area contributed by atoms with Crippen LogP contribution in [-0.2, 0) is 50.7 Å². The van der Waals surface area contributed by atoms with Crippen LogP contribution < -0.4 is 16.4 Å². The molecule has 4 rings (SSSR count). The molecule has 1 aliphatic rings. The number of rotatable bonds is 21. The van der Waals surface area contributed by atoms with Gasteiger partial charge in [0.15, 0.2) is 17.7 Å². The van der Waals surface area contributed by atoms with Crippen molar-refractivity contribution in [3.8, 4) is 0 Å². The van der Waals surface area contributed by atoms with Crippen molar-refractivity contribution in [2.75, 3.05) is 37.8 Å². The van der Waals surface area contributed by atoms with Gasteiger partial charge in [-0.3, -0.25) is 32.5 Å². The lowest BCUT2D eigenvalue weighted by Crippen LogP contribution is -2.46. The van der Waals surface area contributed by atoms with Crippen molar-refractivity contribution >= 4 is 75.2 Å². The Kier molecular flexibility index (Phi) is 16.4. The number of nitrogen functional groups attached to an aromatic ring is 1. The summed E-state index contributed by atoms with van der Waals surface area (Å²) < 4.78 is 62.1. The summed E-state index contributed by atoms with van der Waals surface area (Å²) in [6.45, 7) is 0.432. The number of nitrogens with one attached hydrogen (secondary N) is 2. The highest BCUT2D eigenvalue weighted by Crippen LogP contribution is 2.61. The number of carbonyl (C=O) groups excluding carboxylic acids is 3. The fourth-order valence-electron chi connectivity index (χ4n) is 5.06. The number of phosphoric acid groups is 3. The Balaban J connectivity index is 1.21. The molecule has 2 aromatic heterocycles. The quantitative estimate of drug-likeness (QED) is 0.0396. The predicted molar refractivity (Wildman–Crippen MR) is 203 cm³/mol.